The van der Waals surface area contributed by atoms with Gasteiger partial charge in [-0.3, -0.25) is 0 Å². The van der Waals surface area contributed by atoms with Crippen molar-refractivity contribution in [3.8, 4) is 10.6 Å². The van der Waals surface area contributed by atoms with Gasteiger partial charge in [-0.15, -0.1) is 11.3 Å². The fraction of sp³-hybridized carbons (Fsp3) is 0.440. The molecule has 2 heterocycles. The SMILES string of the molecule is Cc1ccc2nc(-c3ccc(NC(=S)N4C[C@]5(C)C[C@@H]4CC(C)(C)C5)cc3)sc2c1. The predicted molar refractivity (Wildman–Crippen MR) is 132 cm³/mol. The number of thiazole rings is 1. The molecule has 2 fully saturated rings. The summed E-state index contributed by atoms with van der Waals surface area (Å²) in [5.41, 5.74) is 5.32. The lowest BCUT2D eigenvalue weighted by molar-refractivity contribution is 0.132. The lowest BCUT2D eigenvalue weighted by Crippen LogP contribution is -2.39. The summed E-state index contributed by atoms with van der Waals surface area (Å²) in [6.45, 7) is 10.4. The standard InChI is InChI=1S/C25H29N3S2/c1-16-5-10-20-21(11-16)30-22(27-20)17-6-8-18(9-7-17)26-23(29)28-15-25(4)13-19(28)12-24(2,3)14-25/h5-11,19H,12-15H2,1-4H3,(H,26,29)/t19-,25+/m0/s1. The van der Waals surface area contributed by atoms with Crippen LogP contribution in [-0.4, -0.2) is 27.6 Å². The van der Waals surface area contributed by atoms with Crippen LogP contribution < -0.4 is 5.32 Å². The molecule has 5 rings (SSSR count). The first kappa shape index (κ1) is 20.0. The molecule has 1 aliphatic heterocycles. The number of hydrogen-bond donors (Lipinski definition) is 1. The third kappa shape index (κ3) is 3.74. The zero-order valence-corrected chi connectivity index (χ0v) is 19.8. The molecule has 2 aliphatic rings. The third-order valence-corrected chi connectivity index (χ3v) is 8.01. The van der Waals surface area contributed by atoms with Crippen molar-refractivity contribution in [3.63, 3.8) is 0 Å². The molecule has 1 saturated heterocycles. The molecule has 2 bridgehead atoms. The van der Waals surface area contributed by atoms with Gasteiger partial charge in [0.25, 0.3) is 0 Å². The normalized spacial score (nSPS) is 24.9. The number of aryl methyl sites for hydroxylation is 1. The van der Waals surface area contributed by atoms with Crippen LogP contribution in [0.5, 0.6) is 0 Å². The van der Waals surface area contributed by atoms with Crippen molar-refractivity contribution >= 4 is 44.6 Å². The van der Waals surface area contributed by atoms with E-state index in [4.69, 9.17) is 17.2 Å². The Balaban J connectivity index is 1.31. The van der Waals surface area contributed by atoms with Gasteiger partial charge < -0.3 is 10.2 Å². The Morgan fingerprint density at radius 3 is 2.67 bits per heavy atom. The fourth-order valence-electron chi connectivity index (χ4n) is 5.74. The van der Waals surface area contributed by atoms with Crippen molar-refractivity contribution < 1.29 is 0 Å². The maximum absolute atomic E-state index is 5.83. The summed E-state index contributed by atoms with van der Waals surface area (Å²) in [7, 11) is 0. The topological polar surface area (TPSA) is 28.2 Å². The Kier molecular flexibility index (Phi) is 4.67. The molecule has 0 spiro atoms. The van der Waals surface area contributed by atoms with E-state index in [0.717, 1.165) is 33.4 Å². The summed E-state index contributed by atoms with van der Waals surface area (Å²) in [6.07, 6.45) is 3.76. The van der Waals surface area contributed by atoms with E-state index in [1.807, 2.05) is 0 Å². The van der Waals surface area contributed by atoms with Crippen molar-refractivity contribution in [2.45, 2.75) is 53.0 Å². The predicted octanol–water partition coefficient (Wildman–Crippen LogP) is 6.87. The quantitative estimate of drug-likeness (QED) is 0.445. The highest BCUT2D eigenvalue weighted by atomic mass is 32.1. The van der Waals surface area contributed by atoms with Gasteiger partial charge >= 0.3 is 0 Å². The Morgan fingerprint density at radius 2 is 1.90 bits per heavy atom. The maximum Gasteiger partial charge on any atom is 0.173 e. The number of rotatable bonds is 2. The number of nitrogens with zero attached hydrogens (tertiary/aromatic N) is 2. The molecule has 0 radical (unpaired) electrons. The molecule has 2 aromatic carbocycles. The average molecular weight is 436 g/mol. The van der Waals surface area contributed by atoms with E-state index in [2.05, 4.69) is 80.4 Å². The van der Waals surface area contributed by atoms with Crippen LogP contribution >= 0.6 is 23.6 Å². The van der Waals surface area contributed by atoms with E-state index in [0.29, 0.717) is 16.9 Å². The smallest absolute Gasteiger partial charge is 0.173 e. The minimum Gasteiger partial charge on any atom is -0.345 e. The summed E-state index contributed by atoms with van der Waals surface area (Å²) in [5.74, 6) is 0. The molecule has 5 heteroatoms. The highest BCUT2D eigenvalue weighted by molar-refractivity contribution is 7.80. The van der Waals surface area contributed by atoms with Crippen molar-refractivity contribution in [3.05, 3.63) is 48.0 Å². The van der Waals surface area contributed by atoms with Crippen LogP contribution in [-0.2, 0) is 0 Å². The van der Waals surface area contributed by atoms with E-state index in [1.54, 1.807) is 11.3 Å². The number of thiocarbonyl (C=S) groups is 1. The molecule has 3 nitrogen and oxygen atoms in total. The second-order valence-electron chi connectivity index (χ2n) is 10.3. The Hall–Kier alpha value is -1.98. The van der Waals surface area contributed by atoms with Crippen LogP contribution in [0.25, 0.3) is 20.8 Å². The number of aromatic nitrogens is 1. The second kappa shape index (κ2) is 7.03. The van der Waals surface area contributed by atoms with E-state index in [-0.39, 0.29) is 0 Å². The van der Waals surface area contributed by atoms with Crippen LogP contribution in [0, 0.1) is 17.8 Å². The first-order chi connectivity index (χ1) is 14.2. The Bertz CT molecular complexity index is 1120. The number of likely N-dealkylation sites (tertiary alicyclic amines) is 1. The molecule has 1 aromatic heterocycles. The highest BCUT2D eigenvalue weighted by Gasteiger charge is 2.50. The molecule has 0 amide bonds. The van der Waals surface area contributed by atoms with Crippen LogP contribution in [0.1, 0.15) is 45.6 Å². The molecule has 0 unspecified atom stereocenters. The number of hydrogen-bond acceptors (Lipinski definition) is 3. The van der Waals surface area contributed by atoms with Crippen LogP contribution in [0.3, 0.4) is 0 Å². The average Bonchev–Trinajstić information content (AvgIpc) is 3.19. The monoisotopic (exact) mass is 435 g/mol. The van der Waals surface area contributed by atoms with Crippen LogP contribution in [0.2, 0.25) is 0 Å². The molecule has 1 aliphatic carbocycles. The lowest BCUT2D eigenvalue weighted by Gasteiger charge is -2.39. The minimum absolute atomic E-state index is 0.382. The van der Waals surface area contributed by atoms with Crippen molar-refractivity contribution in [2.24, 2.45) is 10.8 Å². The summed E-state index contributed by atoms with van der Waals surface area (Å²) >= 11 is 7.58. The van der Waals surface area contributed by atoms with E-state index in [1.165, 1.54) is 29.5 Å². The fourth-order valence-corrected chi connectivity index (χ4v) is 7.14. The van der Waals surface area contributed by atoms with E-state index < -0.39 is 0 Å². The van der Waals surface area contributed by atoms with Gasteiger partial charge in [0.2, 0.25) is 0 Å². The molecule has 156 valence electrons. The van der Waals surface area contributed by atoms with Crippen molar-refractivity contribution in [1.82, 2.24) is 9.88 Å². The summed E-state index contributed by atoms with van der Waals surface area (Å²) in [4.78, 5) is 7.24. The molecule has 1 saturated carbocycles. The van der Waals surface area contributed by atoms with E-state index in [9.17, 15) is 0 Å². The molecular formula is C25H29N3S2. The van der Waals surface area contributed by atoms with Gasteiger partial charge in [0.1, 0.15) is 5.01 Å². The number of fused-ring (bicyclic) bond motifs is 3. The van der Waals surface area contributed by atoms with Gasteiger partial charge in [-0.05, 0) is 91.2 Å². The zero-order chi connectivity index (χ0) is 21.1. The van der Waals surface area contributed by atoms with Gasteiger partial charge in [0.05, 0.1) is 10.2 Å². The number of anilines is 1. The first-order valence-electron chi connectivity index (χ1n) is 10.8. The van der Waals surface area contributed by atoms with Gasteiger partial charge in [-0.2, -0.15) is 0 Å². The van der Waals surface area contributed by atoms with Crippen LogP contribution in [0.4, 0.5) is 5.69 Å². The van der Waals surface area contributed by atoms with E-state index >= 15 is 0 Å². The summed E-state index contributed by atoms with van der Waals surface area (Å²) in [6, 6.07) is 15.5. The van der Waals surface area contributed by atoms with Gasteiger partial charge in [0.15, 0.2) is 5.11 Å². The molecule has 3 aromatic rings. The Labute approximate surface area is 188 Å². The van der Waals surface area contributed by atoms with Gasteiger partial charge in [-0.1, -0.05) is 26.8 Å². The van der Waals surface area contributed by atoms with Gasteiger partial charge in [0, 0.05) is 23.8 Å². The molecule has 1 N–H and O–H groups in total. The zero-order valence-electron chi connectivity index (χ0n) is 18.2. The van der Waals surface area contributed by atoms with Crippen LogP contribution in [0.15, 0.2) is 42.5 Å². The third-order valence-electron chi connectivity index (χ3n) is 6.60. The van der Waals surface area contributed by atoms with Crippen molar-refractivity contribution in [1.29, 1.82) is 0 Å². The van der Waals surface area contributed by atoms with Crippen molar-refractivity contribution in [2.75, 3.05) is 11.9 Å². The minimum atomic E-state index is 0.382. The lowest BCUT2D eigenvalue weighted by atomic mass is 9.65. The largest absolute Gasteiger partial charge is 0.345 e. The molecular weight excluding hydrogens is 406 g/mol. The second-order valence-corrected chi connectivity index (χ2v) is 11.8. The van der Waals surface area contributed by atoms with Gasteiger partial charge in [-0.25, -0.2) is 4.98 Å². The molecule has 30 heavy (non-hydrogen) atoms. The summed E-state index contributed by atoms with van der Waals surface area (Å²) < 4.78 is 1.24. The highest BCUT2D eigenvalue weighted by Crippen LogP contribution is 2.52. The number of nitrogens with one attached hydrogen (secondary N) is 1. The maximum atomic E-state index is 5.83. The molecule has 2 atom stereocenters. The summed E-state index contributed by atoms with van der Waals surface area (Å²) in [5, 5.41) is 5.42. The number of benzene rings is 2. The Morgan fingerprint density at radius 1 is 1.13 bits per heavy atom. The first-order valence-corrected chi connectivity index (χ1v) is 12.0.